The summed E-state index contributed by atoms with van der Waals surface area (Å²) >= 11 is 0. The molecule has 0 radical (unpaired) electrons. The molecule has 8 heteroatoms. The number of aromatic carboxylic acids is 1. The predicted molar refractivity (Wildman–Crippen MR) is 133 cm³/mol. The third-order valence-corrected chi connectivity index (χ3v) is 6.98. The second kappa shape index (κ2) is 9.35. The third-order valence-electron chi connectivity index (χ3n) is 6.98. The summed E-state index contributed by atoms with van der Waals surface area (Å²) in [6, 6.07) is 8.67. The van der Waals surface area contributed by atoms with E-state index in [0.717, 1.165) is 79.3 Å². The molecule has 1 atom stereocenters. The summed E-state index contributed by atoms with van der Waals surface area (Å²) < 4.78 is 7.46. The molecule has 2 saturated heterocycles. The molecule has 3 aromatic rings. The molecule has 0 aliphatic carbocycles. The van der Waals surface area contributed by atoms with Gasteiger partial charge in [0.25, 0.3) is 0 Å². The van der Waals surface area contributed by atoms with Crippen LogP contribution in [-0.2, 0) is 11.2 Å². The molecule has 34 heavy (non-hydrogen) atoms. The molecule has 0 spiro atoms. The number of nitrogens with zero attached hydrogens (tertiary/aromatic N) is 4. The number of aromatic nitrogens is 3. The Morgan fingerprint density at radius 2 is 1.97 bits per heavy atom. The summed E-state index contributed by atoms with van der Waals surface area (Å²) in [6.07, 6.45) is 1.54. The van der Waals surface area contributed by atoms with Gasteiger partial charge in [-0.15, -0.1) is 0 Å². The third kappa shape index (κ3) is 3.95. The number of carbonyl (C=O) groups is 1. The zero-order valence-electron chi connectivity index (χ0n) is 20.2. The molecule has 2 aliphatic heterocycles. The Morgan fingerprint density at radius 3 is 2.56 bits per heavy atom. The Balaban J connectivity index is 1.74. The lowest BCUT2D eigenvalue weighted by Crippen LogP contribution is -2.36. The van der Waals surface area contributed by atoms with E-state index in [2.05, 4.69) is 48.3 Å². The number of hydrogen-bond acceptors (Lipinski definition) is 6. The number of carboxylic acid groups (broad SMARTS) is 1. The summed E-state index contributed by atoms with van der Waals surface area (Å²) in [7, 11) is 0. The highest BCUT2D eigenvalue weighted by atomic mass is 16.5. The molecule has 1 aromatic carbocycles. The van der Waals surface area contributed by atoms with Crippen molar-refractivity contribution in [3.05, 3.63) is 41.2 Å². The summed E-state index contributed by atoms with van der Waals surface area (Å²) in [5.74, 6) is -0.806. The van der Waals surface area contributed by atoms with Crippen molar-refractivity contribution in [3.63, 3.8) is 0 Å². The minimum Gasteiger partial charge on any atom is -0.477 e. The van der Waals surface area contributed by atoms with Crippen molar-refractivity contribution in [2.75, 3.05) is 44.3 Å². The smallest absolute Gasteiger partial charge is 0.354 e. The highest BCUT2D eigenvalue weighted by Gasteiger charge is 2.29. The van der Waals surface area contributed by atoms with Gasteiger partial charge in [0.05, 0.1) is 30.3 Å². The van der Waals surface area contributed by atoms with Gasteiger partial charge in [-0.1, -0.05) is 32.9 Å². The van der Waals surface area contributed by atoms with E-state index in [1.165, 1.54) is 0 Å². The molecule has 2 aliphatic rings. The maximum atomic E-state index is 12.3. The van der Waals surface area contributed by atoms with E-state index in [-0.39, 0.29) is 17.7 Å². The number of carboxylic acids is 1. The van der Waals surface area contributed by atoms with E-state index in [1.54, 1.807) is 0 Å². The standard InChI is InChI=1S/C26H33N5O3/c1-4-20-21(17-5-7-18(8-6-17)30-11-13-34-14-12-30)22-23(16(2)3)29-31(19-9-10-27-15-19)25(22)28-24(20)26(32)33/h5-8,16,19,27H,4,9-15H2,1-3H3,(H,32,33). The lowest BCUT2D eigenvalue weighted by Gasteiger charge is -2.29. The normalized spacial score (nSPS) is 18.8. The first-order valence-electron chi connectivity index (χ1n) is 12.3. The predicted octanol–water partition coefficient (Wildman–Crippen LogP) is 3.85. The number of benzene rings is 1. The van der Waals surface area contributed by atoms with E-state index in [0.29, 0.717) is 12.1 Å². The summed E-state index contributed by atoms with van der Waals surface area (Å²) in [5, 5.41) is 19.5. The van der Waals surface area contributed by atoms with Gasteiger partial charge in [-0.3, -0.25) is 0 Å². The Morgan fingerprint density at radius 1 is 1.24 bits per heavy atom. The molecular weight excluding hydrogens is 430 g/mol. The minimum absolute atomic E-state index is 0.129. The fourth-order valence-corrected chi connectivity index (χ4v) is 5.24. The van der Waals surface area contributed by atoms with Crippen LogP contribution in [0.2, 0.25) is 0 Å². The van der Waals surface area contributed by atoms with Gasteiger partial charge in [-0.25, -0.2) is 14.5 Å². The maximum Gasteiger partial charge on any atom is 0.354 e. The second-order valence-electron chi connectivity index (χ2n) is 9.45. The number of pyridine rings is 1. The first-order valence-corrected chi connectivity index (χ1v) is 12.3. The SMILES string of the molecule is CCc1c(C(=O)O)nc2c(c(C(C)C)nn2C2CCNC2)c1-c1ccc(N2CCOCC2)cc1. The monoisotopic (exact) mass is 463 g/mol. The molecule has 2 aromatic heterocycles. The lowest BCUT2D eigenvalue weighted by atomic mass is 9.91. The molecule has 180 valence electrons. The van der Waals surface area contributed by atoms with Crippen LogP contribution in [0.15, 0.2) is 24.3 Å². The molecule has 0 saturated carbocycles. The Kier molecular flexibility index (Phi) is 6.27. The zero-order valence-corrected chi connectivity index (χ0v) is 20.2. The van der Waals surface area contributed by atoms with Crippen LogP contribution in [0.1, 0.15) is 60.9 Å². The van der Waals surface area contributed by atoms with Gasteiger partial charge in [-0.05, 0) is 48.6 Å². The van der Waals surface area contributed by atoms with Gasteiger partial charge in [-0.2, -0.15) is 5.10 Å². The van der Waals surface area contributed by atoms with E-state index in [4.69, 9.17) is 14.8 Å². The second-order valence-corrected chi connectivity index (χ2v) is 9.45. The maximum absolute atomic E-state index is 12.3. The van der Waals surface area contributed by atoms with Crippen LogP contribution >= 0.6 is 0 Å². The van der Waals surface area contributed by atoms with Gasteiger partial charge in [0, 0.05) is 30.9 Å². The molecule has 1 unspecified atom stereocenters. The molecule has 4 heterocycles. The van der Waals surface area contributed by atoms with E-state index in [1.807, 2.05) is 11.6 Å². The minimum atomic E-state index is -0.992. The van der Waals surface area contributed by atoms with E-state index < -0.39 is 5.97 Å². The number of anilines is 1. The number of nitrogens with one attached hydrogen (secondary N) is 1. The Bertz CT molecular complexity index is 1190. The number of ether oxygens (including phenoxy) is 1. The molecule has 5 rings (SSSR count). The molecule has 2 N–H and O–H groups in total. The lowest BCUT2D eigenvalue weighted by molar-refractivity contribution is 0.0689. The van der Waals surface area contributed by atoms with Crippen molar-refractivity contribution in [2.45, 2.75) is 45.6 Å². The molecule has 8 nitrogen and oxygen atoms in total. The van der Waals surface area contributed by atoms with Gasteiger partial charge in [0.1, 0.15) is 0 Å². The van der Waals surface area contributed by atoms with Crippen LogP contribution in [0.25, 0.3) is 22.2 Å². The fourth-order valence-electron chi connectivity index (χ4n) is 5.24. The summed E-state index contributed by atoms with van der Waals surface area (Å²) in [5.41, 5.74) is 5.68. The van der Waals surface area contributed by atoms with Crippen LogP contribution in [0.3, 0.4) is 0 Å². The van der Waals surface area contributed by atoms with Gasteiger partial charge < -0.3 is 20.1 Å². The van der Waals surface area contributed by atoms with Gasteiger partial charge in [0.15, 0.2) is 11.3 Å². The van der Waals surface area contributed by atoms with Gasteiger partial charge >= 0.3 is 5.97 Å². The number of fused-ring (bicyclic) bond motifs is 1. The average Bonchev–Trinajstić information content (AvgIpc) is 3.51. The average molecular weight is 464 g/mol. The van der Waals surface area contributed by atoms with Crippen molar-refractivity contribution in [1.82, 2.24) is 20.1 Å². The van der Waals surface area contributed by atoms with Crippen molar-refractivity contribution in [2.24, 2.45) is 0 Å². The summed E-state index contributed by atoms with van der Waals surface area (Å²) in [6.45, 7) is 11.3. The topological polar surface area (TPSA) is 92.5 Å². The van der Waals surface area contributed by atoms with Crippen molar-refractivity contribution in [3.8, 4) is 11.1 Å². The quantitative estimate of drug-likeness (QED) is 0.574. The molecular formula is C26H33N5O3. The Labute approximate surface area is 199 Å². The first kappa shape index (κ1) is 22.8. The zero-order chi connectivity index (χ0) is 23.8. The van der Waals surface area contributed by atoms with Crippen LogP contribution in [0, 0.1) is 0 Å². The van der Waals surface area contributed by atoms with Crippen molar-refractivity contribution in [1.29, 1.82) is 0 Å². The number of morpholine rings is 1. The van der Waals surface area contributed by atoms with Crippen molar-refractivity contribution >= 4 is 22.7 Å². The van der Waals surface area contributed by atoms with Crippen LogP contribution in [-0.4, -0.2) is 65.2 Å². The number of rotatable bonds is 6. The number of hydrogen-bond donors (Lipinski definition) is 2. The summed E-state index contributed by atoms with van der Waals surface area (Å²) in [4.78, 5) is 19.4. The van der Waals surface area contributed by atoms with Crippen LogP contribution in [0.5, 0.6) is 0 Å². The van der Waals surface area contributed by atoms with Crippen LogP contribution < -0.4 is 10.2 Å². The fraction of sp³-hybridized carbons (Fsp3) is 0.500. The van der Waals surface area contributed by atoms with E-state index in [9.17, 15) is 9.90 Å². The van der Waals surface area contributed by atoms with E-state index >= 15 is 0 Å². The van der Waals surface area contributed by atoms with Crippen LogP contribution in [0.4, 0.5) is 5.69 Å². The highest BCUT2D eigenvalue weighted by molar-refractivity contribution is 6.02. The van der Waals surface area contributed by atoms with Crippen molar-refractivity contribution < 1.29 is 14.6 Å². The largest absolute Gasteiger partial charge is 0.477 e. The highest BCUT2D eigenvalue weighted by Crippen LogP contribution is 2.39. The first-order chi connectivity index (χ1) is 16.5. The Hall–Kier alpha value is -2.97. The molecule has 2 fully saturated rings. The molecule has 0 bridgehead atoms. The molecule has 0 amide bonds. The van der Waals surface area contributed by atoms with Gasteiger partial charge in [0.2, 0.25) is 0 Å².